The standard InChI is InChI=1S/C36H33F4N9O4S/c1-46(2)33(50)25-11-19-16-47(8-4-10-49(19)45-25)31-21-12-24(39)27(20-5-6-23(38)30-26(20)22(14-41)32(54-30)44-35(51)52)28(40)29(21)42-34(43-31)53-17-36-7-3-9-48(36)15-18(37)13-36/h5-6,11-12,18,44H,3-4,7-10,13,15-17H2,1-2H3,(H,51,52)/t18-,36+/m1/s1. The summed E-state index contributed by atoms with van der Waals surface area (Å²) in [5, 5.41) is 25.5. The first-order valence-corrected chi connectivity index (χ1v) is 18.1. The second-order valence-corrected chi connectivity index (χ2v) is 15.0. The van der Waals surface area contributed by atoms with Gasteiger partial charge in [0.25, 0.3) is 5.91 Å². The first-order valence-electron chi connectivity index (χ1n) is 17.3. The van der Waals surface area contributed by atoms with Crippen LogP contribution < -0.4 is 15.0 Å². The monoisotopic (exact) mass is 763 g/mol. The van der Waals surface area contributed by atoms with Crippen LogP contribution in [0.1, 0.15) is 47.4 Å². The molecule has 0 unspecified atom stereocenters. The van der Waals surface area contributed by atoms with E-state index in [0.29, 0.717) is 49.5 Å². The highest BCUT2D eigenvalue weighted by atomic mass is 32.1. The normalized spacial score (nSPS) is 19.8. The van der Waals surface area contributed by atoms with Crippen LogP contribution in [0.4, 0.5) is 33.2 Å². The van der Waals surface area contributed by atoms with Gasteiger partial charge in [-0.05, 0) is 49.6 Å². The van der Waals surface area contributed by atoms with Gasteiger partial charge in [-0.3, -0.25) is 19.7 Å². The van der Waals surface area contributed by atoms with Crippen molar-refractivity contribution in [3.05, 3.63) is 58.7 Å². The van der Waals surface area contributed by atoms with Crippen LogP contribution in [0.15, 0.2) is 24.3 Å². The van der Waals surface area contributed by atoms with Crippen molar-refractivity contribution in [2.24, 2.45) is 0 Å². The summed E-state index contributed by atoms with van der Waals surface area (Å²) in [7, 11) is 3.24. The molecule has 2 atom stereocenters. The molecule has 3 aliphatic heterocycles. The van der Waals surface area contributed by atoms with Gasteiger partial charge >= 0.3 is 12.1 Å². The fourth-order valence-corrected chi connectivity index (χ4v) is 9.08. The van der Waals surface area contributed by atoms with E-state index in [1.807, 2.05) is 6.07 Å². The molecule has 18 heteroatoms. The number of benzene rings is 2. The minimum absolute atomic E-state index is 0.00131. The maximum absolute atomic E-state index is 17.1. The number of carbonyl (C=O) groups excluding carboxylic acids is 1. The molecule has 5 aromatic rings. The molecule has 6 heterocycles. The van der Waals surface area contributed by atoms with E-state index in [4.69, 9.17) is 9.72 Å². The Labute approximate surface area is 309 Å². The molecule has 2 aromatic carbocycles. The average Bonchev–Trinajstić information content (AvgIpc) is 3.85. The van der Waals surface area contributed by atoms with Crippen molar-refractivity contribution in [2.75, 3.05) is 50.6 Å². The number of hydrogen-bond acceptors (Lipinski definition) is 10. The van der Waals surface area contributed by atoms with Crippen molar-refractivity contribution in [2.45, 2.75) is 50.5 Å². The summed E-state index contributed by atoms with van der Waals surface area (Å²) < 4.78 is 71.1. The van der Waals surface area contributed by atoms with Crippen molar-refractivity contribution in [1.82, 2.24) is 29.5 Å². The summed E-state index contributed by atoms with van der Waals surface area (Å²) in [4.78, 5) is 38.6. The second kappa shape index (κ2) is 13.4. The fraction of sp³-hybridized carbons (Fsp3) is 0.389. The number of rotatable bonds is 7. The molecule has 3 aromatic heterocycles. The van der Waals surface area contributed by atoms with Crippen LogP contribution >= 0.6 is 11.3 Å². The van der Waals surface area contributed by atoms with Crippen molar-refractivity contribution in [1.29, 1.82) is 5.26 Å². The minimum atomic E-state index is -1.50. The molecule has 0 aliphatic carbocycles. The number of aryl methyl sites for hydroxylation is 1. The Morgan fingerprint density at radius 3 is 2.72 bits per heavy atom. The number of hydrogen-bond donors (Lipinski definition) is 2. The number of alkyl halides is 1. The number of nitrogens with one attached hydrogen (secondary N) is 1. The number of carbonyl (C=O) groups is 2. The van der Waals surface area contributed by atoms with E-state index in [9.17, 15) is 24.3 Å². The van der Waals surface area contributed by atoms with E-state index in [1.54, 1.807) is 29.7 Å². The highest BCUT2D eigenvalue weighted by molar-refractivity contribution is 7.23. The number of halogens is 4. The summed E-state index contributed by atoms with van der Waals surface area (Å²) >= 11 is 0.630. The molecule has 280 valence electrons. The second-order valence-electron chi connectivity index (χ2n) is 14.0. The molecule has 3 aliphatic rings. The quantitative estimate of drug-likeness (QED) is 0.185. The molecule has 0 spiro atoms. The number of thiophene rings is 1. The SMILES string of the molecule is CN(C)C(=O)c1cc2n(n1)CCCN(c1nc(OC[C@@]34CCCN3C[C@H](F)C4)nc3c(F)c(-c4ccc(F)c5sc(NC(=O)O)c(C#N)c45)c(F)cc13)C2. The van der Waals surface area contributed by atoms with E-state index >= 15 is 13.2 Å². The summed E-state index contributed by atoms with van der Waals surface area (Å²) in [6.07, 6.45) is -0.159. The van der Waals surface area contributed by atoms with Gasteiger partial charge in [0, 0.05) is 50.9 Å². The van der Waals surface area contributed by atoms with Gasteiger partial charge in [0.2, 0.25) is 0 Å². The maximum Gasteiger partial charge on any atom is 0.409 e. The first-order chi connectivity index (χ1) is 25.9. The third kappa shape index (κ3) is 5.91. The molecule has 13 nitrogen and oxygen atoms in total. The van der Waals surface area contributed by atoms with Gasteiger partial charge in [0.15, 0.2) is 11.5 Å². The van der Waals surface area contributed by atoms with Gasteiger partial charge < -0.3 is 19.6 Å². The molecule has 0 bridgehead atoms. The molecule has 2 saturated heterocycles. The Bertz CT molecular complexity index is 2410. The van der Waals surface area contributed by atoms with Crippen molar-refractivity contribution >= 4 is 55.1 Å². The molecule has 0 radical (unpaired) electrons. The number of carboxylic acid groups (broad SMARTS) is 1. The van der Waals surface area contributed by atoms with E-state index in [2.05, 4.69) is 20.3 Å². The Morgan fingerprint density at radius 2 is 1.96 bits per heavy atom. The zero-order valence-electron chi connectivity index (χ0n) is 29.1. The molecule has 8 rings (SSSR count). The Morgan fingerprint density at radius 1 is 1.15 bits per heavy atom. The predicted octanol–water partition coefficient (Wildman–Crippen LogP) is 6.15. The Kier molecular flexibility index (Phi) is 8.80. The number of nitrogens with zero attached hydrogens (tertiary/aromatic N) is 8. The Balaban J connectivity index is 1.29. The zero-order valence-corrected chi connectivity index (χ0v) is 29.9. The van der Waals surface area contributed by atoms with Gasteiger partial charge in [-0.2, -0.15) is 20.3 Å². The summed E-state index contributed by atoms with van der Waals surface area (Å²) in [6, 6.07) is 6.50. The molecule has 2 fully saturated rings. The fourth-order valence-electron chi connectivity index (χ4n) is 8.01. The van der Waals surface area contributed by atoms with E-state index in [-0.39, 0.29) is 86.7 Å². The first kappa shape index (κ1) is 35.5. The van der Waals surface area contributed by atoms with Gasteiger partial charge in [0.1, 0.15) is 46.8 Å². The predicted molar refractivity (Wildman–Crippen MR) is 191 cm³/mol. The molecular formula is C36H33F4N9O4S. The highest BCUT2D eigenvalue weighted by Crippen LogP contribution is 2.46. The molecule has 2 amide bonds. The molecule has 2 N–H and O–H groups in total. The third-order valence-electron chi connectivity index (χ3n) is 10.4. The van der Waals surface area contributed by atoms with E-state index in [1.165, 1.54) is 4.90 Å². The molecule has 54 heavy (non-hydrogen) atoms. The summed E-state index contributed by atoms with van der Waals surface area (Å²) in [5.41, 5.74) is -1.08. The van der Waals surface area contributed by atoms with Crippen LogP contribution in [-0.4, -0.2) is 98.7 Å². The van der Waals surface area contributed by atoms with Gasteiger partial charge in [-0.1, -0.05) is 6.07 Å². The third-order valence-corrected chi connectivity index (χ3v) is 11.5. The average molecular weight is 764 g/mol. The topological polar surface area (TPSA) is 153 Å². The maximum atomic E-state index is 17.1. The van der Waals surface area contributed by atoms with Crippen LogP contribution in [0.5, 0.6) is 6.01 Å². The summed E-state index contributed by atoms with van der Waals surface area (Å²) in [5.74, 6) is -3.15. The van der Waals surface area contributed by atoms with Crippen molar-refractivity contribution in [3.63, 3.8) is 0 Å². The Hall–Kier alpha value is -5.54. The van der Waals surface area contributed by atoms with Gasteiger partial charge in [-0.25, -0.2) is 22.4 Å². The lowest BCUT2D eigenvalue weighted by Gasteiger charge is -2.31. The molecule has 0 saturated carbocycles. The summed E-state index contributed by atoms with van der Waals surface area (Å²) in [6.45, 7) is 2.06. The van der Waals surface area contributed by atoms with E-state index < -0.39 is 40.8 Å². The highest BCUT2D eigenvalue weighted by Gasteiger charge is 2.49. The van der Waals surface area contributed by atoms with Crippen LogP contribution in [0.25, 0.3) is 32.1 Å². The number of nitriles is 1. The minimum Gasteiger partial charge on any atom is -0.465 e. The lowest BCUT2D eigenvalue weighted by Crippen LogP contribution is -2.43. The number of ether oxygens (including phenoxy) is 1. The number of anilines is 2. The molecular weight excluding hydrogens is 731 g/mol. The number of fused-ring (bicyclic) bond motifs is 4. The van der Waals surface area contributed by atoms with Crippen molar-refractivity contribution < 1.29 is 37.0 Å². The van der Waals surface area contributed by atoms with Gasteiger partial charge in [0.05, 0.1) is 33.6 Å². The van der Waals surface area contributed by atoms with Crippen LogP contribution in [0.2, 0.25) is 0 Å². The van der Waals surface area contributed by atoms with E-state index in [0.717, 1.165) is 24.6 Å². The van der Waals surface area contributed by atoms with Crippen LogP contribution in [-0.2, 0) is 13.1 Å². The largest absolute Gasteiger partial charge is 0.465 e. The number of amides is 2. The van der Waals surface area contributed by atoms with Crippen molar-refractivity contribution in [3.8, 4) is 23.2 Å². The lowest BCUT2D eigenvalue weighted by atomic mass is 9.95. The van der Waals surface area contributed by atoms with Crippen LogP contribution in [0.3, 0.4) is 0 Å². The number of aromatic nitrogens is 4. The smallest absolute Gasteiger partial charge is 0.409 e. The van der Waals surface area contributed by atoms with Crippen LogP contribution in [0, 0.1) is 28.8 Å². The zero-order chi connectivity index (χ0) is 38.1. The lowest BCUT2D eigenvalue weighted by molar-refractivity contribution is 0.0821. The van der Waals surface area contributed by atoms with Gasteiger partial charge in [-0.15, -0.1) is 11.3 Å².